The Balaban J connectivity index is 1.55. The maximum Gasteiger partial charge on any atom is 0.243 e. The third-order valence-corrected chi connectivity index (χ3v) is 5.11. The van der Waals surface area contributed by atoms with Crippen molar-refractivity contribution in [2.45, 2.75) is 76.0 Å². The predicted octanol–water partition coefficient (Wildman–Crippen LogP) is 1.20. The van der Waals surface area contributed by atoms with Gasteiger partial charge in [-0.05, 0) is 44.4 Å². The summed E-state index contributed by atoms with van der Waals surface area (Å²) in [6, 6.07) is 0.0639. The Labute approximate surface area is 126 Å². The van der Waals surface area contributed by atoms with Gasteiger partial charge < -0.3 is 15.3 Å². The molecule has 118 valence electrons. The highest BCUT2D eigenvalue weighted by Crippen LogP contribution is 2.29. The lowest BCUT2D eigenvalue weighted by molar-refractivity contribution is -0.140. The number of hydrogen-bond acceptors (Lipinski definition) is 3. The van der Waals surface area contributed by atoms with Crippen LogP contribution in [0.2, 0.25) is 0 Å². The first-order valence-electron chi connectivity index (χ1n) is 8.43. The fourth-order valence-electron chi connectivity index (χ4n) is 3.63. The van der Waals surface area contributed by atoms with E-state index in [1.54, 1.807) is 4.90 Å². The average Bonchev–Trinajstić information content (AvgIpc) is 3.14. The molecular weight excluding hydrogens is 268 g/mol. The summed E-state index contributed by atoms with van der Waals surface area (Å²) >= 11 is 0. The molecule has 1 saturated heterocycles. The zero-order valence-corrected chi connectivity index (χ0v) is 12.6. The van der Waals surface area contributed by atoms with Crippen molar-refractivity contribution in [1.82, 2.24) is 10.2 Å². The van der Waals surface area contributed by atoms with E-state index in [2.05, 4.69) is 5.32 Å². The Morgan fingerprint density at radius 2 is 1.81 bits per heavy atom. The van der Waals surface area contributed by atoms with Crippen LogP contribution < -0.4 is 5.32 Å². The first-order valence-corrected chi connectivity index (χ1v) is 8.43. The average molecular weight is 294 g/mol. The van der Waals surface area contributed by atoms with Gasteiger partial charge in [0.1, 0.15) is 6.04 Å². The molecule has 2 aliphatic carbocycles. The maximum absolute atomic E-state index is 12.5. The molecule has 0 bridgehead atoms. The number of likely N-dealkylation sites (tertiary alicyclic amines) is 1. The molecule has 0 aromatic heterocycles. The summed E-state index contributed by atoms with van der Waals surface area (Å²) < 4.78 is 0. The summed E-state index contributed by atoms with van der Waals surface area (Å²) in [4.78, 5) is 26.5. The van der Waals surface area contributed by atoms with E-state index in [1.165, 1.54) is 0 Å². The minimum atomic E-state index is -0.343. The molecule has 1 aliphatic heterocycles. The smallest absolute Gasteiger partial charge is 0.243 e. The molecule has 1 heterocycles. The predicted molar refractivity (Wildman–Crippen MR) is 78.5 cm³/mol. The van der Waals surface area contributed by atoms with E-state index in [-0.39, 0.29) is 29.9 Å². The number of aliphatic hydroxyl groups is 1. The van der Waals surface area contributed by atoms with Crippen LogP contribution in [-0.4, -0.2) is 46.6 Å². The van der Waals surface area contributed by atoms with Crippen LogP contribution in [0.25, 0.3) is 0 Å². The lowest BCUT2D eigenvalue weighted by Gasteiger charge is -2.30. The molecule has 3 rings (SSSR count). The van der Waals surface area contributed by atoms with Gasteiger partial charge in [0, 0.05) is 19.0 Å². The van der Waals surface area contributed by atoms with E-state index in [4.69, 9.17) is 0 Å². The third kappa shape index (κ3) is 3.57. The SMILES string of the molecule is O=C(NC1CC1)C1CCCN1C(=O)C[C@H]1CCCC[C@@H]1O. The van der Waals surface area contributed by atoms with Crippen LogP contribution in [0.4, 0.5) is 0 Å². The molecule has 1 unspecified atom stereocenters. The van der Waals surface area contributed by atoms with E-state index in [0.717, 1.165) is 51.4 Å². The second kappa shape index (κ2) is 6.34. The molecule has 2 N–H and O–H groups in total. The van der Waals surface area contributed by atoms with Gasteiger partial charge in [0.05, 0.1) is 6.10 Å². The van der Waals surface area contributed by atoms with Gasteiger partial charge in [0.15, 0.2) is 0 Å². The number of amides is 2. The van der Waals surface area contributed by atoms with Crippen molar-refractivity contribution >= 4 is 11.8 Å². The number of carbonyl (C=O) groups excluding carboxylic acids is 2. The zero-order chi connectivity index (χ0) is 14.8. The lowest BCUT2D eigenvalue weighted by Crippen LogP contribution is -2.47. The molecule has 3 fully saturated rings. The second-order valence-electron chi connectivity index (χ2n) is 6.84. The molecule has 5 heteroatoms. The zero-order valence-electron chi connectivity index (χ0n) is 12.6. The summed E-state index contributed by atoms with van der Waals surface area (Å²) in [6.07, 6.45) is 7.77. The molecule has 21 heavy (non-hydrogen) atoms. The van der Waals surface area contributed by atoms with Gasteiger partial charge in [-0.1, -0.05) is 12.8 Å². The highest BCUT2D eigenvalue weighted by Gasteiger charge is 2.37. The molecule has 0 radical (unpaired) electrons. The van der Waals surface area contributed by atoms with Crippen molar-refractivity contribution in [1.29, 1.82) is 0 Å². The summed E-state index contributed by atoms with van der Waals surface area (Å²) in [5.74, 6) is 0.154. The van der Waals surface area contributed by atoms with Crippen LogP contribution in [0.1, 0.15) is 57.8 Å². The summed E-state index contributed by atoms with van der Waals surface area (Å²) in [5, 5.41) is 13.0. The quantitative estimate of drug-likeness (QED) is 0.818. The highest BCUT2D eigenvalue weighted by atomic mass is 16.3. The normalized spacial score (nSPS) is 33.0. The Morgan fingerprint density at radius 1 is 1.05 bits per heavy atom. The summed E-state index contributed by atoms with van der Waals surface area (Å²) in [7, 11) is 0. The van der Waals surface area contributed by atoms with Crippen molar-refractivity contribution in [2.75, 3.05) is 6.54 Å². The molecular formula is C16H26N2O3. The van der Waals surface area contributed by atoms with Crippen molar-refractivity contribution < 1.29 is 14.7 Å². The van der Waals surface area contributed by atoms with Crippen molar-refractivity contribution in [3.05, 3.63) is 0 Å². The Bertz CT molecular complexity index is 408. The van der Waals surface area contributed by atoms with Crippen LogP contribution in [-0.2, 0) is 9.59 Å². The third-order valence-electron chi connectivity index (χ3n) is 5.11. The molecule has 3 atom stereocenters. The Hall–Kier alpha value is -1.10. The van der Waals surface area contributed by atoms with Crippen LogP contribution in [0.5, 0.6) is 0 Å². The van der Waals surface area contributed by atoms with Gasteiger partial charge in [-0.15, -0.1) is 0 Å². The Morgan fingerprint density at radius 3 is 2.52 bits per heavy atom. The van der Waals surface area contributed by atoms with Crippen LogP contribution in [0, 0.1) is 5.92 Å². The molecule has 2 saturated carbocycles. The molecule has 2 amide bonds. The highest BCUT2D eigenvalue weighted by molar-refractivity contribution is 5.88. The van der Waals surface area contributed by atoms with Gasteiger partial charge in [-0.2, -0.15) is 0 Å². The molecule has 5 nitrogen and oxygen atoms in total. The fraction of sp³-hybridized carbons (Fsp3) is 0.875. The van der Waals surface area contributed by atoms with E-state index in [1.807, 2.05) is 0 Å². The number of hydrogen-bond donors (Lipinski definition) is 2. The van der Waals surface area contributed by atoms with Gasteiger partial charge in [0.2, 0.25) is 11.8 Å². The topological polar surface area (TPSA) is 69.6 Å². The minimum Gasteiger partial charge on any atom is -0.393 e. The number of carbonyl (C=O) groups is 2. The van der Waals surface area contributed by atoms with E-state index < -0.39 is 0 Å². The van der Waals surface area contributed by atoms with Crippen molar-refractivity contribution in [3.63, 3.8) is 0 Å². The summed E-state index contributed by atoms with van der Waals surface area (Å²) in [5.41, 5.74) is 0. The number of aliphatic hydroxyl groups excluding tert-OH is 1. The first-order chi connectivity index (χ1) is 10.1. The summed E-state index contributed by atoms with van der Waals surface area (Å²) in [6.45, 7) is 0.685. The van der Waals surface area contributed by atoms with E-state index >= 15 is 0 Å². The number of rotatable bonds is 4. The molecule has 0 aromatic rings. The fourth-order valence-corrected chi connectivity index (χ4v) is 3.63. The standard InChI is InChI=1S/C16H26N2O3/c19-14-6-2-1-4-11(14)10-15(20)18-9-3-5-13(18)16(21)17-12-7-8-12/h11-14,19H,1-10H2,(H,17,21)/t11-,13?,14+/m1/s1. The van der Waals surface area contributed by atoms with E-state index in [0.29, 0.717) is 19.0 Å². The van der Waals surface area contributed by atoms with Crippen LogP contribution >= 0.6 is 0 Å². The monoisotopic (exact) mass is 294 g/mol. The van der Waals surface area contributed by atoms with Gasteiger partial charge in [-0.25, -0.2) is 0 Å². The largest absolute Gasteiger partial charge is 0.393 e. The van der Waals surface area contributed by atoms with Gasteiger partial charge >= 0.3 is 0 Å². The lowest BCUT2D eigenvalue weighted by atomic mass is 9.84. The Kier molecular flexibility index (Phi) is 4.48. The van der Waals surface area contributed by atoms with Gasteiger partial charge in [-0.3, -0.25) is 9.59 Å². The minimum absolute atomic E-state index is 0.0209. The van der Waals surface area contributed by atoms with Crippen LogP contribution in [0.15, 0.2) is 0 Å². The van der Waals surface area contributed by atoms with Crippen molar-refractivity contribution in [3.8, 4) is 0 Å². The van der Waals surface area contributed by atoms with Crippen molar-refractivity contribution in [2.24, 2.45) is 5.92 Å². The molecule has 3 aliphatic rings. The van der Waals surface area contributed by atoms with Crippen LogP contribution in [0.3, 0.4) is 0 Å². The van der Waals surface area contributed by atoms with Gasteiger partial charge in [0.25, 0.3) is 0 Å². The molecule has 0 aromatic carbocycles. The number of nitrogens with one attached hydrogen (secondary N) is 1. The second-order valence-corrected chi connectivity index (χ2v) is 6.84. The number of nitrogens with zero attached hydrogens (tertiary/aromatic N) is 1. The molecule has 0 spiro atoms. The first kappa shape index (κ1) is 14.8. The van der Waals surface area contributed by atoms with E-state index in [9.17, 15) is 14.7 Å². The maximum atomic E-state index is 12.5.